The average Bonchev–Trinajstić information content (AvgIpc) is 2.21. The van der Waals surface area contributed by atoms with Crippen molar-refractivity contribution in [2.45, 2.75) is 25.3 Å². The quantitative estimate of drug-likeness (QED) is 0.861. The van der Waals surface area contributed by atoms with E-state index in [1.807, 2.05) is 0 Å². The summed E-state index contributed by atoms with van der Waals surface area (Å²) >= 11 is 0. The first kappa shape index (κ1) is 15.7. The van der Waals surface area contributed by atoms with Gasteiger partial charge < -0.3 is 5.32 Å². The highest BCUT2D eigenvalue weighted by Gasteiger charge is 2.60. The third kappa shape index (κ3) is 3.82. The van der Waals surface area contributed by atoms with Crippen molar-refractivity contribution in [3.8, 4) is 0 Å². The minimum Gasteiger partial charge on any atom is -0.312 e. The van der Waals surface area contributed by atoms with Crippen molar-refractivity contribution in [3.05, 3.63) is 29.6 Å². The van der Waals surface area contributed by atoms with E-state index in [0.29, 0.717) is 5.56 Å². The molecule has 0 aliphatic heterocycles. The predicted octanol–water partition coefficient (Wildman–Crippen LogP) is 3.39. The van der Waals surface area contributed by atoms with Gasteiger partial charge in [0.1, 0.15) is 0 Å². The van der Waals surface area contributed by atoms with Crippen molar-refractivity contribution >= 4 is 0 Å². The standard InChI is InChI=1S/C11H12F6N2/c1-6-3-7(5-19-4-6)8(18-2)9(10(12,13)14)11(15,16)17/h3-5,8-9,18H,1-2H3. The second kappa shape index (κ2) is 5.36. The molecule has 0 saturated heterocycles. The average molecular weight is 286 g/mol. The van der Waals surface area contributed by atoms with Crippen molar-refractivity contribution in [2.24, 2.45) is 5.92 Å². The minimum atomic E-state index is -5.39. The molecule has 0 fully saturated rings. The highest BCUT2D eigenvalue weighted by molar-refractivity contribution is 5.21. The Hall–Kier alpha value is -1.31. The van der Waals surface area contributed by atoms with Crippen LogP contribution in [0.3, 0.4) is 0 Å². The van der Waals surface area contributed by atoms with E-state index in [-0.39, 0.29) is 5.56 Å². The number of aryl methyl sites for hydroxylation is 1. The third-order valence-corrected chi connectivity index (χ3v) is 2.60. The molecule has 0 aliphatic carbocycles. The number of rotatable bonds is 3. The van der Waals surface area contributed by atoms with Crippen LogP contribution in [0.5, 0.6) is 0 Å². The van der Waals surface area contributed by atoms with Crippen LogP contribution in [0, 0.1) is 12.8 Å². The first-order chi connectivity index (χ1) is 8.57. The Balaban J connectivity index is 3.25. The monoisotopic (exact) mass is 286 g/mol. The van der Waals surface area contributed by atoms with Gasteiger partial charge in [0.25, 0.3) is 0 Å². The summed E-state index contributed by atoms with van der Waals surface area (Å²) in [7, 11) is 1.05. The SMILES string of the molecule is CNC(c1cncc(C)c1)C(C(F)(F)F)C(F)(F)F. The fraction of sp³-hybridized carbons (Fsp3) is 0.545. The minimum absolute atomic E-state index is 0.151. The Labute approximate surface area is 105 Å². The fourth-order valence-electron chi connectivity index (χ4n) is 1.84. The molecule has 1 atom stereocenters. The lowest BCUT2D eigenvalue weighted by atomic mass is 9.92. The molecule has 1 unspecified atom stereocenters. The summed E-state index contributed by atoms with van der Waals surface area (Å²) in [5.41, 5.74) is 0.336. The van der Waals surface area contributed by atoms with Crippen molar-refractivity contribution in [3.63, 3.8) is 0 Å². The van der Waals surface area contributed by atoms with Gasteiger partial charge in [-0.3, -0.25) is 4.98 Å². The molecule has 0 aromatic carbocycles. The zero-order valence-corrected chi connectivity index (χ0v) is 10.1. The molecule has 1 aromatic heterocycles. The van der Waals surface area contributed by atoms with E-state index in [2.05, 4.69) is 10.3 Å². The first-order valence-corrected chi connectivity index (χ1v) is 5.29. The van der Waals surface area contributed by atoms with E-state index < -0.39 is 24.3 Å². The second-order valence-corrected chi connectivity index (χ2v) is 4.12. The van der Waals surface area contributed by atoms with E-state index in [4.69, 9.17) is 0 Å². The Bertz CT molecular complexity index is 412. The van der Waals surface area contributed by atoms with Gasteiger partial charge in [-0.25, -0.2) is 0 Å². The maximum absolute atomic E-state index is 12.7. The first-order valence-electron chi connectivity index (χ1n) is 5.29. The molecular formula is C11H12F6N2. The number of nitrogens with one attached hydrogen (secondary N) is 1. The Morgan fingerprint density at radius 2 is 1.58 bits per heavy atom. The highest BCUT2D eigenvalue weighted by Crippen LogP contribution is 2.46. The number of hydrogen-bond donors (Lipinski definition) is 1. The Morgan fingerprint density at radius 3 is 1.95 bits per heavy atom. The van der Waals surface area contributed by atoms with Gasteiger partial charge >= 0.3 is 12.4 Å². The predicted molar refractivity (Wildman–Crippen MR) is 56.4 cm³/mol. The largest absolute Gasteiger partial charge is 0.402 e. The molecule has 1 N–H and O–H groups in total. The maximum Gasteiger partial charge on any atom is 0.402 e. The molecule has 108 valence electrons. The molecule has 1 heterocycles. The number of hydrogen-bond acceptors (Lipinski definition) is 2. The number of alkyl halides is 6. The van der Waals surface area contributed by atoms with Crippen LogP contribution < -0.4 is 5.32 Å². The van der Waals surface area contributed by atoms with Gasteiger partial charge in [-0.05, 0) is 25.1 Å². The summed E-state index contributed by atoms with van der Waals surface area (Å²) in [6.07, 6.45) is -8.43. The van der Waals surface area contributed by atoms with E-state index in [0.717, 1.165) is 13.2 Å². The van der Waals surface area contributed by atoms with Crippen molar-refractivity contribution in [1.29, 1.82) is 0 Å². The van der Waals surface area contributed by atoms with Gasteiger partial charge in [-0.1, -0.05) is 6.07 Å². The van der Waals surface area contributed by atoms with Gasteiger partial charge in [0.05, 0.1) is 6.04 Å². The van der Waals surface area contributed by atoms with Crippen molar-refractivity contribution < 1.29 is 26.3 Å². The Morgan fingerprint density at radius 1 is 1.05 bits per heavy atom. The van der Waals surface area contributed by atoms with E-state index in [1.165, 1.54) is 12.3 Å². The zero-order valence-electron chi connectivity index (χ0n) is 10.1. The zero-order chi connectivity index (χ0) is 14.8. The van der Waals surface area contributed by atoms with E-state index >= 15 is 0 Å². The van der Waals surface area contributed by atoms with Gasteiger partial charge in [0.2, 0.25) is 0 Å². The van der Waals surface area contributed by atoms with E-state index in [1.54, 1.807) is 6.92 Å². The van der Waals surface area contributed by atoms with Crippen LogP contribution >= 0.6 is 0 Å². The van der Waals surface area contributed by atoms with Gasteiger partial charge in [-0.15, -0.1) is 0 Å². The summed E-state index contributed by atoms with van der Waals surface area (Å²) in [5, 5.41) is 2.08. The van der Waals surface area contributed by atoms with Gasteiger partial charge in [0.15, 0.2) is 5.92 Å². The summed E-state index contributed by atoms with van der Waals surface area (Å²) < 4.78 is 76.0. The van der Waals surface area contributed by atoms with Crippen LogP contribution in [-0.4, -0.2) is 24.4 Å². The number of nitrogens with zero attached hydrogens (tertiary/aromatic N) is 1. The van der Waals surface area contributed by atoms with Crippen LogP contribution in [0.15, 0.2) is 18.5 Å². The molecule has 0 amide bonds. The van der Waals surface area contributed by atoms with Crippen LogP contribution in [0.1, 0.15) is 17.2 Å². The van der Waals surface area contributed by atoms with Crippen molar-refractivity contribution in [1.82, 2.24) is 10.3 Å². The summed E-state index contributed by atoms with van der Waals surface area (Å²) in [6, 6.07) is -0.675. The highest BCUT2D eigenvalue weighted by atomic mass is 19.4. The van der Waals surface area contributed by atoms with Gasteiger partial charge in [0, 0.05) is 12.4 Å². The fourth-order valence-corrected chi connectivity index (χ4v) is 1.84. The lowest BCUT2D eigenvalue weighted by molar-refractivity contribution is -0.292. The summed E-state index contributed by atoms with van der Waals surface area (Å²) in [5.74, 6) is -3.48. The smallest absolute Gasteiger partial charge is 0.312 e. The number of aromatic nitrogens is 1. The number of halogens is 6. The lowest BCUT2D eigenvalue weighted by Gasteiger charge is -2.30. The molecular weight excluding hydrogens is 274 g/mol. The normalized spacial score (nSPS) is 14.8. The molecule has 1 aromatic rings. The molecule has 2 nitrogen and oxygen atoms in total. The van der Waals surface area contributed by atoms with E-state index in [9.17, 15) is 26.3 Å². The second-order valence-electron chi connectivity index (χ2n) is 4.12. The van der Waals surface area contributed by atoms with Crippen LogP contribution in [0.4, 0.5) is 26.3 Å². The molecule has 1 rings (SSSR count). The van der Waals surface area contributed by atoms with Crippen molar-refractivity contribution in [2.75, 3.05) is 7.05 Å². The molecule has 0 spiro atoms. The summed E-state index contributed by atoms with van der Waals surface area (Å²) in [6.45, 7) is 1.54. The lowest BCUT2D eigenvalue weighted by Crippen LogP contribution is -2.45. The number of pyridine rings is 1. The molecule has 8 heteroatoms. The Kier molecular flexibility index (Phi) is 4.44. The maximum atomic E-state index is 12.7. The topological polar surface area (TPSA) is 24.9 Å². The van der Waals surface area contributed by atoms with Crippen LogP contribution in [0.25, 0.3) is 0 Å². The third-order valence-electron chi connectivity index (χ3n) is 2.60. The molecule has 0 saturated carbocycles. The molecule has 0 radical (unpaired) electrons. The molecule has 0 aliphatic rings. The van der Waals surface area contributed by atoms with Crippen LogP contribution in [-0.2, 0) is 0 Å². The summed E-state index contributed by atoms with van der Waals surface area (Å²) in [4.78, 5) is 3.62. The molecule has 0 bridgehead atoms. The van der Waals surface area contributed by atoms with Gasteiger partial charge in [-0.2, -0.15) is 26.3 Å². The van der Waals surface area contributed by atoms with Crippen LogP contribution in [0.2, 0.25) is 0 Å². The molecule has 19 heavy (non-hydrogen) atoms.